The van der Waals surface area contributed by atoms with Gasteiger partial charge in [-0.2, -0.15) is 4.99 Å². The Balaban J connectivity index is 2.03. The van der Waals surface area contributed by atoms with Gasteiger partial charge in [-0.3, -0.25) is 4.79 Å². The lowest BCUT2D eigenvalue weighted by molar-refractivity contribution is -0.117. The highest BCUT2D eigenvalue weighted by atomic mass is 32.1. The van der Waals surface area contributed by atoms with Crippen LogP contribution in [0.5, 0.6) is 0 Å². The molecule has 0 saturated heterocycles. The predicted molar refractivity (Wildman–Crippen MR) is 113 cm³/mol. The summed E-state index contributed by atoms with van der Waals surface area (Å²) in [6.45, 7) is 8.79. The number of nitrogens with zero attached hydrogens (tertiary/aromatic N) is 2. The zero-order chi connectivity index (χ0) is 19.6. The van der Waals surface area contributed by atoms with E-state index >= 15 is 0 Å². The van der Waals surface area contributed by atoms with Gasteiger partial charge in [0.2, 0.25) is 0 Å². The molecule has 0 N–H and O–H groups in total. The molecular formula is C23H24N2OS. The maximum atomic E-state index is 12.6. The van der Waals surface area contributed by atoms with E-state index in [0.717, 1.165) is 26.9 Å². The molecule has 138 valence electrons. The van der Waals surface area contributed by atoms with Crippen molar-refractivity contribution in [3.63, 3.8) is 0 Å². The Morgan fingerprint density at radius 3 is 2.70 bits per heavy atom. The van der Waals surface area contributed by atoms with Crippen LogP contribution in [0.3, 0.4) is 0 Å². The normalized spacial score (nSPS) is 11.9. The average Bonchev–Trinajstić information content (AvgIpc) is 2.95. The van der Waals surface area contributed by atoms with E-state index in [1.165, 1.54) is 16.9 Å². The van der Waals surface area contributed by atoms with Crippen LogP contribution in [0.15, 0.2) is 41.4 Å². The van der Waals surface area contributed by atoms with Crippen LogP contribution in [0.4, 0.5) is 0 Å². The zero-order valence-electron chi connectivity index (χ0n) is 16.2. The van der Waals surface area contributed by atoms with E-state index in [2.05, 4.69) is 55.1 Å². The van der Waals surface area contributed by atoms with Crippen molar-refractivity contribution < 1.29 is 4.79 Å². The van der Waals surface area contributed by atoms with Crippen molar-refractivity contribution in [2.45, 2.75) is 46.6 Å². The summed E-state index contributed by atoms with van der Waals surface area (Å²) in [5.41, 5.74) is 5.58. The van der Waals surface area contributed by atoms with Gasteiger partial charge in [-0.25, -0.2) is 0 Å². The molecule has 0 fully saturated rings. The molecule has 0 atom stereocenters. The Hall–Kier alpha value is -2.64. The Kier molecular flexibility index (Phi) is 5.62. The van der Waals surface area contributed by atoms with E-state index in [9.17, 15) is 4.79 Å². The minimum absolute atomic E-state index is 0.148. The number of aromatic nitrogens is 1. The van der Waals surface area contributed by atoms with Crippen LogP contribution in [0.2, 0.25) is 0 Å². The highest BCUT2D eigenvalue weighted by molar-refractivity contribution is 7.16. The van der Waals surface area contributed by atoms with Gasteiger partial charge in [0, 0.05) is 0 Å². The van der Waals surface area contributed by atoms with Crippen molar-refractivity contribution in [2.75, 3.05) is 0 Å². The third-order valence-corrected chi connectivity index (χ3v) is 5.73. The summed E-state index contributed by atoms with van der Waals surface area (Å²) in [5, 5.41) is 0. The molecule has 1 amide bonds. The highest BCUT2D eigenvalue weighted by Crippen LogP contribution is 2.23. The van der Waals surface area contributed by atoms with Crippen molar-refractivity contribution in [2.24, 2.45) is 4.99 Å². The fourth-order valence-electron chi connectivity index (χ4n) is 3.08. The second-order valence-corrected chi connectivity index (χ2v) is 8.18. The Morgan fingerprint density at radius 1 is 1.22 bits per heavy atom. The van der Waals surface area contributed by atoms with Gasteiger partial charge in [0.1, 0.15) is 0 Å². The largest absolute Gasteiger partial charge is 0.305 e. The first-order valence-corrected chi connectivity index (χ1v) is 9.91. The molecule has 0 radical (unpaired) electrons. The van der Waals surface area contributed by atoms with Crippen LogP contribution in [0.1, 0.15) is 42.0 Å². The number of rotatable bonds is 4. The monoisotopic (exact) mass is 376 g/mol. The number of carbonyl (C=O) groups is 1. The van der Waals surface area contributed by atoms with Crippen molar-refractivity contribution in [3.05, 3.63) is 63.5 Å². The van der Waals surface area contributed by atoms with Crippen LogP contribution in [0, 0.1) is 26.2 Å². The van der Waals surface area contributed by atoms with Gasteiger partial charge in [-0.05, 0) is 48.6 Å². The van der Waals surface area contributed by atoms with Crippen LogP contribution in [-0.4, -0.2) is 10.5 Å². The van der Waals surface area contributed by atoms with Gasteiger partial charge in [-0.1, -0.05) is 60.9 Å². The lowest BCUT2D eigenvalue weighted by Gasteiger charge is -2.05. The summed E-state index contributed by atoms with van der Waals surface area (Å²) in [6.07, 6.45) is 5.86. The van der Waals surface area contributed by atoms with Gasteiger partial charge in [0.25, 0.3) is 5.91 Å². The third-order valence-electron chi connectivity index (χ3n) is 4.69. The van der Waals surface area contributed by atoms with Crippen molar-refractivity contribution in [1.29, 1.82) is 0 Å². The van der Waals surface area contributed by atoms with Crippen molar-refractivity contribution in [3.8, 4) is 12.3 Å². The van der Waals surface area contributed by atoms with Gasteiger partial charge in [-0.15, -0.1) is 6.42 Å². The van der Waals surface area contributed by atoms with Crippen LogP contribution >= 0.6 is 11.3 Å². The number of carbonyl (C=O) groups excluding carboxylic acids is 1. The topological polar surface area (TPSA) is 34.4 Å². The third kappa shape index (κ3) is 4.20. The van der Waals surface area contributed by atoms with E-state index in [1.54, 1.807) is 0 Å². The van der Waals surface area contributed by atoms with Gasteiger partial charge in [0.15, 0.2) is 4.80 Å². The second-order valence-electron chi connectivity index (χ2n) is 7.17. The number of amides is 1. The number of hydrogen-bond acceptors (Lipinski definition) is 2. The van der Waals surface area contributed by atoms with Crippen LogP contribution < -0.4 is 4.80 Å². The molecule has 0 spiro atoms. The molecule has 0 aliphatic carbocycles. The van der Waals surface area contributed by atoms with E-state index < -0.39 is 0 Å². The molecule has 27 heavy (non-hydrogen) atoms. The quantitative estimate of drug-likeness (QED) is 0.605. The van der Waals surface area contributed by atoms with Gasteiger partial charge < -0.3 is 4.57 Å². The fraction of sp³-hybridized carbons (Fsp3) is 0.304. The summed E-state index contributed by atoms with van der Waals surface area (Å²) >= 11 is 1.52. The number of aryl methyl sites for hydroxylation is 2. The van der Waals surface area contributed by atoms with E-state index in [0.29, 0.717) is 23.7 Å². The maximum absolute atomic E-state index is 12.6. The van der Waals surface area contributed by atoms with E-state index in [-0.39, 0.29) is 5.91 Å². The SMILES string of the molecule is C#CCn1c(=NC(=O)Cc2cc(C)ccc2C)sc2cc(C(C)C)ccc21. The molecule has 0 unspecified atom stereocenters. The molecule has 3 nitrogen and oxygen atoms in total. The van der Waals surface area contributed by atoms with Gasteiger partial charge >= 0.3 is 0 Å². The molecule has 1 aromatic heterocycles. The predicted octanol–water partition coefficient (Wildman–Crippen LogP) is 4.75. The number of fused-ring (bicyclic) bond motifs is 1. The molecule has 4 heteroatoms. The van der Waals surface area contributed by atoms with E-state index in [4.69, 9.17) is 6.42 Å². The van der Waals surface area contributed by atoms with Crippen LogP contribution in [-0.2, 0) is 17.8 Å². The molecule has 2 aromatic carbocycles. The number of thiazole rings is 1. The lowest BCUT2D eigenvalue weighted by Crippen LogP contribution is -2.17. The number of hydrogen-bond donors (Lipinski definition) is 0. The molecule has 3 rings (SSSR count). The molecule has 1 heterocycles. The summed E-state index contributed by atoms with van der Waals surface area (Å²) < 4.78 is 3.06. The minimum Gasteiger partial charge on any atom is -0.305 e. The lowest BCUT2D eigenvalue weighted by atomic mass is 10.0. The highest BCUT2D eigenvalue weighted by Gasteiger charge is 2.11. The van der Waals surface area contributed by atoms with Crippen molar-refractivity contribution in [1.82, 2.24) is 4.57 Å². The van der Waals surface area contributed by atoms with Crippen LogP contribution in [0.25, 0.3) is 10.2 Å². The maximum Gasteiger partial charge on any atom is 0.252 e. The Morgan fingerprint density at radius 2 is 2.00 bits per heavy atom. The summed E-state index contributed by atoms with van der Waals surface area (Å²) in [6, 6.07) is 12.5. The smallest absolute Gasteiger partial charge is 0.252 e. The second kappa shape index (κ2) is 7.94. The number of terminal acetylenes is 1. The first-order chi connectivity index (χ1) is 12.9. The first kappa shape index (κ1) is 19.1. The zero-order valence-corrected chi connectivity index (χ0v) is 17.1. The van der Waals surface area contributed by atoms with Crippen molar-refractivity contribution >= 4 is 27.5 Å². The Bertz CT molecular complexity index is 1110. The summed E-state index contributed by atoms with van der Waals surface area (Å²) in [4.78, 5) is 17.7. The Labute approximate surface area is 164 Å². The molecule has 0 aliphatic heterocycles. The molecule has 0 bridgehead atoms. The summed E-state index contributed by atoms with van der Waals surface area (Å²) in [5.74, 6) is 2.98. The summed E-state index contributed by atoms with van der Waals surface area (Å²) in [7, 11) is 0. The minimum atomic E-state index is -0.148. The van der Waals surface area contributed by atoms with E-state index in [1.807, 2.05) is 24.5 Å². The fourth-order valence-corrected chi connectivity index (χ4v) is 4.17. The number of benzene rings is 2. The molecule has 0 aliphatic rings. The average molecular weight is 377 g/mol. The molecule has 0 saturated carbocycles. The standard InChI is InChI=1S/C23H24N2OS/c1-6-11-25-20-10-9-18(15(2)3)13-21(20)27-23(25)24-22(26)14-19-12-16(4)7-8-17(19)5/h1,7-10,12-13,15H,11,14H2,2-5H3. The first-order valence-electron chi connectivity index (χ1n) is 9.09. The molecule has 3 aromatic rings. The van der Waals surface area contributed by atoms with Gasteiger partial charge in [0.05, 0.1) is 23.2 Å². The molecular weight excluding hydrogens is 352 g/mol.